The summed E-state index contributed by atoms with van der Waals surface area (Å²) < 4.78 is 1.66. The summed E-state index contributed by atoms with van der Waals surface area (Å²) >= 11 is 1.46. The number of nitrogens with one attached hydrogen (secondary N) is 1. The smallest absolute Gasteiger partial charge is 0.252 e. The van der Waals surface area contributed by atoms with E-state index >= 15 is 0 Å². The van der Waals surface area contributed by atoms with Gasteiger partial charge in [-0.1, -0.05) is 0 Å². The van der Waals surface area contributed by atoms with Gasteiger partial charge < -0.3 is 5.32 Å². The summed E-state index contributed by atoms with van der Waals surface area (Å²) in [6.07, 6.45) is 3.31. The van der Waals surface area contributed by atoms with Crippen molar-refractivity contribution in [2.75, 3.05) is 11.4 Å². The van der Waals surface area contributed by atoms with E-state index in [0.29, 0.717) is 24.3 Å². The molecule has 7 heteroatoms. The number of hydrogen-bond donors (Lipinski definition) is 1. The number of anilines is 1. The summed E-state index contributed by atoms with van der Waals surface area (Å²) in [7, 11) is 1.81. The van der Waals surface area contributed by atoms with Gasteiger partial charge in [-0.2, -0.15) is 16.4 Å². The molecule has 3 heterocycles. The molecular formula is C14H16N4O2S. The molecule has 0 aliphatic carbocycles. The molecular weight excluding hydrogens is 288 g/mol. The zero-order chi connectivity index (χ0) is 14.8. The zero-order valence-corrected chi connectivity index (χ0v) is 12.5. The monoisotopic (exact) mass is 304 g/mol. The van der Waals surface area contributed by atoms with Crippen LogP contribution in [0, 0.1) is 0 Å². The molecule has 1 atom stereocenters. The van der Waals surface area contributed by atoms with Crippen LogP contribution in [0.3, 0.4) is 0 Å². The lowest BCUT2D eigenvalue weighted by Gasteiger charge is -2.31. The first kappa shape index (κ1) is 13.8. The Labute approximate surface area is 126 Å². The minimum Gasteiger partial charge on any atom is -0.340 e. The van der Waals surface area contributed by atoms with Gasteiger partial charge in [-0.15, -0.1) is 0 Å². The number of carbonyl (C=O) groups excluding carboxylic acids is 2. The molecule has 0 bridgehead atoms. The van der Waals surface area contributed by atoms with Crippen molar-refractivity contribution < 1.29 is 9.59 Å². The maximum Gasteiger partial charge on any atom is 0.252 e. The van der Waals surface area contributed by atoms with Crippen LogP contribution in [0.25, 0.3) is 0 Å². The largest absolute Gasteiger partial charge is 0.340 e. The number of hydrogen-bond acceptors (Lipinski definition) is 4. The van der Waals surface area contributed by atoms with Crippen LogP contribution in [0.4, 0.5) is 5.82 Å². The Morgan fingerprint density at radius 3 is 3.00 bits per heavy atom. The van der Waals surface area contributed by atoms with Crippen LogP contribution in [-0.4, -0.2) is 34.2 Å². The minimum absolute atomic E-state index is 0.0940. The van der Waals surface area contributed by atoms with Crippen molar-refractivity contribution in [3.63, 3.8) is 0 Å². The first-order valence-corrected chi connectivity index (χ1v) is 7.73. The Kier molecular flexibility index (Phi) is 3.74. The average Bonchev–Trinajstić information content (AvgIpc) is 3.12. The van der Waals surface area contributed by atoms with Crippen molar-refractivity contribution >= 4 is 29.0 Å². The maximum atomic E-state index is 12.5. The van der Waals surface area contributed by atoms with E-state index in [9.17, 15) is 9.59 Å². The number of aromatic nitrogens is 2. The Morgan fingerprint density at radius 1 is 1.48 bits per heavy atom. The van der Waals surface area contributed by atoms with Gasteiger partial charge in [-0.25, -0.2) is 0 Å². The molecule has 0 spiro atoms. The summed E-state index contributed by atoms with van der Waals surface area (Å²) in [6.45, 7) is 0.640. The van der Waals surface area contributed by atoms with E-state index < -0.39 is 6.04 Å². The van der Waals surface area contributed by atoms with Crippen LogP contribution in [0.5, 0.6) is 0 Å². The molecule has 3 rings (SSSR count). The second kappa shape index (κ2) is 5.69. The van der Waals surface area contributed by atoms with Gasteiger partial charge in [0.1, 0.15) is 6.04 Å². The lowest BCUT2D eigenvalue weighted by Crippen LogP contribution is -2.52. The summed E-state index contributed by atoms with van der Waals surface area (Å²) in [5, 5.41) is 10.7. The van der Waals surface area contributed by atoms with E-state index in [-0.39, 0.29) is 11.8 Å². The van der Waals surface area contributed by atoms with Gasteiger partial charge >= 0.3 is 0 Å². The Hall–Kier alpha value is -2.15. The predicted octanol–water partition coefficient (Wildman–Crippen LogP) is 1.41. The van der Waals surface area contributed by atoms with Gasteiger partial charge in [-0.3, -0.25) is 19.2 Å². The summed E-state index contributed by atoms with van der Waals surface area (Å²) in [5.41, 5.74) is 0.600. The number of rotatable bonds is 3. The first-order valence-electron chi connectivity index (χ1n) is 6.79. The summed E-state index contributed by atoms with van der Waals surface area (Å²) in [5.74, 6) is 0.345. The van der Waals surface area contributed by atoms with Crippen molar-refractivity contribution in [3.05, 3.63) is 34.7 Å². The van der Waals surface area contributed by atoms with E-state index in [4.69, 9.17) is 0 Å². The fourth-order valence-corrected chi connectivity index (χ4v) is 3.05. The van der Waals surface area contributed by atoms with E-state index in [0.717, 1.165) is 6.42 Å². The number of nitrogens with zero attached hydrogens (tertiary/aromatic N) is 3. The van der Waals surface area contributed by atoms with Gasteiger partial charge in [0.25, 0.3) is 11.8 Å². The maximum absolute atomic E-state index is 12.5. The van der Waals surface area contributed by atoms with Gasteiger partial charge in [0.15, 0.2) is 5.82 Å². The number of aryl methyl sites for hydroxylation is 1. The number of piperidine rings is 1. The first-order chi connectivity index (χ1) is 10.1. The predicted molar refractivity (Wildman–Crippen MR) is 80.4 cm³/mol. The second-order valence-corrected chi connectivity index (χ2v) is 5.80. The third kappa shape index (κ3) is 2.82. The molecule has 1 fully saturated rings. The van der Waals surface area contributed by atoms with Crippen LogP contribution in [0.2, 0.25) is 0 Å². The Morgan fingerprint density at radius 2 is 2.33 bits per heavy atom. The average molecular weight is 304 g/mol. The quantitative estimate of drug-likeness (QED) is 0.932. The van der Waals surface area contributed by atoms with E-state index in [1.807, 2.05) is 12.4 Å². The van der Waals surface area contributed by atoms with E-state index in [1.165, 1.54) is 11.3 Å². The summed E-state index contributed by atoms with van der Waals surface area (Å²) in [4.78, 5) is 26.2. The standard InChI is InChI=1S/C14H16N4O2S/c1-17-7-4-12(16-17)18-6-2-3-11(14(18)20)15-13(19)10-5-8-21-9-10/h4-5,7-9,11H,2-3,6H2,1H3,(H,15,19)/t11-/m1/s1. The molecule has 1 N–H and O–H groups in total. The molecule has 6 nitrogen and oxygen atoms in total. The van der Waals surface area contributed by atoms with Crippen molar-refractivity contribution in [1.29, 1.82) is 0 Å². The molecule has 0 saturated carbocycles. The van der Waals surface area contributed by atoms with Crippen molar-refractivity contribution in [1.82, 2.24) is 15.1 Å². The van der Waals surface area contributed by atoms with Crippen molar-refractivity contribution in [3.8, 4) is 0 Å². The minimum atomic E-state index is -0.479. The molecule has 0 aromatic carbocycles. The highest BCUT2D eigenvalue weighted by Crippen LogP contribution is 2.19. The highest BCUT2D eigenvalue weighted by molar-refractivity contribution is 7.08. The molecule has 110 valence electrons. The zero-order valence-electron chi connectivity index (χ0n) is 11.7. The highest BCUT2D eigenvalue weighted by atomic mass is 32.1. The van der Waals surface area contributed by atoms with Crippen molar-refractivity contribution in [2.24, 2.45) is 7.05 Å². The number of carbonyl (C=O) groups is 2. The lowest BCUT2D eigenvalue weighted by molar-refractivity contribution is -0.121. The van der Waals surface area contributed by atoms with Crippen molar-refractivity contribution in [2.45, 2.75) is 18.9 Å². The van der Waals surface area contributed by atoms with Gasteiger partial charge in [0, 0.05) is 31.2 Å². The molecule has 1 aliphatic rings. The van der Waals surface area contributed by atoms with Crippen LogP contribution in [0.1, 0.15) is 23.2 Å². The topological polar surface area (TPSA) is 67.2 Å². The third-order valence-corrected chi connectivity index (χ3v) is 4.19. The lowest BCUT2D eigenvalue weighted by atomic mass is 10.0. The normalized spacial score (nSPS) is 18.8. The molecule has 1 saturated heterocycles. The van der Waals surface area contributed by atoms with E-state index in [1.54, 1.807) is 33.3 Å². The van der Waals surface area contributed by atoms with Gasteiger partial charge in [-0.05, 0) is 24.3 Å². The molecule has 2 aromatic rings. The Bertz CT molecular complexity index is 650. The fraction of sp³-hybridized carbons (Fsp3) is 0.357. The SMILES string of the molecule is Cn1ccc(N2CCC[C@@H](NC(=O)c3ccsc3)C2=O)n1. The number of amides is 2. The van der Waals surface area contributed by atoms with Crippen LogP contribution in [-0.2, 0) is 11.8 Å². The van der Waals surface area contributed by atoms with Crippen LogP contribution >= 0.6 is 11.3 Å². The Balaban J connectivity index is 1.72. The van der Waals surface area contributed by atoms with Gasteiger partial charge in [0.05, 0.1) is 5.56 Å². The molecule has 0 radical (unpaired) electrons. The molecule has 21 heavy (non-hydrogen) atoms. The van der Waals surface area contributed by atoms with Crippen LogP contribution in [0.15, 0.2) is 29.1 Å². The summed E-state index contributed by atoms with van der Waals surface area (Å²) in [6, 6.07) is 3.08. The van der Waals surface area contributed by atoms with E-state index in [2.05, 4.69) is 10.4 Å². The third-order valence-electron chi connectivity index (χ3n) is 3.50. The number of thiophene rings is 1. The van der Waals surface area contributed by atoms with Gasteiger partial charge in [0.2, 0.25) is 0 Å². The molecule has 0 unspecified atom stereocenters. The molecule has 2 aromatic heterocycles. The molecule has 1 aliphatic heterocycles. The fourth-order valence-electron chi connectivity index (χ4n) is 2.42. The molecule has 2 amide bonds. The second-order valence-electron chi connectivity index (χ2n) is 5.02. The highest BCUT2D eigenvalue weighted by Gasteiger charge is 2.32. The van der Waals surface area contributed by atoms with Crippen LogP contribution < -0.4 is 10.2 Å².